The van der Waals surface area contributed by atoms with E-state index in [1.54, 1.807) is 0 Å². The molecule has 106 valence electrons. The highest BCUT2D eigenvalue weighted by Crippen LogP contribution is 2.38. The molecule has 1 atom stereocenters. The van der Waals surface area contributed by atoms with Gasteiger partial charge in [0.05, 0.1) is 0 Å². The molecule has 0 spiro atoms. The summed E-state index contributed by atoms with van der Waals surface area (Å²) in [5.41, 5.74) is -0.154. The van der Waals surface area contributed by atoms with Crippen LogP contribution < -0.4 is 0 Å². The summed E-state index contributed by atoms with van der Waals surface area (Å²) in [6.07, 6.45) is -2.33. The van der Waals surface area contributed by atoms with Gasteiger partial charge >= 0.3 is 5.97 Å². The molecule has 0 aliphatic carbocycles. The van der Waals surface area contributed by atoms with Gasteiger partial charge in [-0.2, -0.15) is 0 Å². The molecule has 1 aromatic heterocycles. The zero-order valence-corrected chi connectivity index (χ0v) is 11.8. The summed E-state index contributed by atoms with van der Waals surface area (Å²) in [5, 5.41) is -0.133. The van der Waals surface area contributed by atoms with E-state index >= 15 is 0 Å². The van der Waals surface area contributed by atoms with E-state index in [9.17, 15) is 13.6 Å². The zero-order chi connectivity index (χ0) is 14.8. The number of nitrogens with zero attached hydrogens (tertiary/aromatic N) is 2. The van der Waals surface area contributed by atoms with Crippen LogP contribution in [0.5, 0.6) is 0 Å². The van der Waals surface area contributed by atoms with Gasteiger partial charge in [-0.1, -0.05) is 32.4 Å². The van der Waals surface area contributed by atoms with Crippen molar-refractivity contribution in [2.24, 2.45) is 5.41 Å². The van der Waals surface area contributed by atoms with Crippen molar-refractivity contribution in [1.82, 2.24) is 9.97 Å². The molecule has 0 saturated carbocycles. The predicted molar refractivity (Wildman–Crippen MR) is 66.0 cm³/mol. The first kappa shape index (κ1) is 15.8. The molecule has 0 N–H and O–H groups in total. The summed E-state index contributed by atoms with van der Waals surface area (Å²) in [7, 11) is 0. The maximum Gasteiger partial charge on any atom is 0.303 e. The molecule has 0 saturated heterocycles. The van der Waals surface area contributed by atoms with Gasteiger partial charge in [0.1, 0.15) is 11.3 Å². The van der Waals surface area contributed by atoms with Crippen LogP contribution in [0.25, 0.3) is 0 Å². The number of halogens is 3. The summed E-state index contributed by atoms with van der Waals surface area (Å²) >= 11 is 5.88. The van der Waals surface area contributed by atoms with Crippen molar-refractivity contribution in [3.8, 4) is 0 Å². The van der Waals surface area contributed by atoms with Crippen molar-refractivity contribution >= 4 is 17.6 Å². The van der Waals surface area contributed by atoms with Crippen LogP contribution >= 0.6 is 11.6 Å². The molecule has 1 unspecified atom stereocenters. The standard InChI is InChI=1S/C12H15ClF2N2O2/c1-6(18)19-8(12(2,3)4)7-5-16-11(10(14)15)17-9(7)13/h5,8,10H,1-4H3. The molecule has 4 nitrogen and oxygen atoms in total. The molecule has 0 aromatic carbocycles. The molecule has 1 rings (SSSR count). The molecule has 0 radical (unpaired) electrons. The van der Waals surface area contributed by atoms with Gasteiger partial charge in [-0.05, 0) is 0 Å². The number of ether oxygens (including phenoxy) is 1. The zero-order valence-electron chi connectivity index (χ0n) is 11.1. The maximum atomic E-state index is 12.5. The predicted octanol–water partition coefficient (Wildman–Crippen LogP) is 3.72. The van der Waals surface area contributed by atoms with E-state index in [0.29, 0.717) is 5.56 Å². The topological polar surface area (TPSA) is 52.1 Å². The lowest BCUT2D eigenvalue weighted by Gasteiger charge is -2.30. The molecule has 7 heteroatoms. The molecular formula is C12H15ClF2N2O2. The highest BCUT2D eigenvalue weighted by Gasteiger charge is 2.32. The normalized spacial score (nSPS) is 13.5. The first-order valence-electron chi connectivity index (χ1n) is 5.60. The van der Waals surface area contributed by atoms with Crippen LogP contribution in [0.2, 0.25) is 5.15 Å². The Bertz CT molecular complexity index is 475. The average Bonchev–Trinajstić information content (AvgIpc) is 2.24. The van der Waals surface area contributed by atoms with Crippen molar-refractivity contribution in [2.45, 2.75) is 40.2 Å². The van der Waals surface area contributed by atoms with E-state index in [-0.39, 0.29) is 5.15 Å². The third kappa shape index (κ3) is 4.09. The van der Waals surface area contributed by atoms with Crippen LogP contribution in [0.3, 0.4) is 0 Å². The molecule has 0 amide bonds. The van der Waals surface area contributed by atoms with Crippen LogP contribution in [-0.4, -0.2) is 15.9 Å². The van der Waals surface area contributed by atoms with Crippen molar-refractivity contribution in [2.75, 3.05) is 0 Å². The second kappa shape index (κ2) is 5.77. The van der Waals surface area contributed by atoms with Crippen LogP contribution in [0.4, 0.5) is 8.78 Å². The monoisotopic (exact) mass is 292 g/mol. The van der Waals surface area contributed by atoms with E-state index < -0.39 is 29.7 Å². The van der Waals surface area contributed by atoms with Crippen LogP contribution in [0, 0.1) is 5.41 Å². The van der Waals surface area contributed by atoms with E-state index in [0.717, 1.165) is 0 Å². The van der Waals surface area contributed by atoms with E-state index in [4.69, 9.17) is 16.3 Å². The number of alkyl halides is 2. The summed E-state index contributed by atoms with van der Waals surface area (Å²) in [6, 6.07) is 0. The van der Waals surface area contributed by atoms with Gasteiger partial charge in [0, 0.05) is 24.1 Å². The van der Waals surface area contributed by atoms with E-state index in [2.05, 4.69) is 9.97 Å². The average molecular weight is 293 g/mol. The smallest absolute Gasteiger partial charge is 0.303 e. The van der Waals surface area contributed by atoms with Gasteiger partial charge in [0.15, 0.2) is 5.82 Å². The van der Waals surface area contributed by atoms with Crippen molar-refractivity contribution in [3.05, 3.63) is 22.7 Å². The minimum atomic E-state index is -2.80. The number of hydrogen-bond acceptors (Lipinski definition) is 4. The lowest BCUT2D eigenvalue weighted by molar-refractivity contribution is -0.152. The Balaban J connectivity index is 3.20. The third-order valence-electron chi connectivity index (χ3n) is 2.33. The van der Waals surface area contributed by atoms with Gasteiger partial charge in [0.25, 0.3) is 6.43 Å². The van der Waals surface area contributed by atoms with Gasteiger partial charge < -0.3 is 4.74 Å². The Morgan fingerprint density at radius 3 is 2.37 bits per heavy atom. The fourth-order valence-corrected chi connectivity index (χ4v) is 1.77. The Morgan fingerprint density at radius 1 is 1.42 bits per heavy atom. The Morgan fingerprint density at radius 2 is 2.00 bits per heavy atom. The molecule has 0 bridgehead atoms. The largest absolute Gasteiger partial charge is 0.457 e. The second-order valence-corrected chi connectivity index (χ2v) is 5.49. The minimum Gasteiger partial charge on any atom is -0.457 e. The third-order valence-corrected chi connectivity index (χ3v) is 2.64. The lowest BCUT2D eigenvalue weighted by Crippen LogP contribution is -2.24. The maximum absolute atomic E-state index is 12.5. The first-order chi connectivity index (χ1) is 8.62. The summed E-state index contributed by atoms with van der Waals surface area (Å²) in [5.74, 6) is -1.14. The van der Waals surface area contributed by atoms with E-state index in [1.165, 1.54) is 13.1 Å². The molecule has 0 aliphatic rings. The second-order valence-electron chi connectivity index (χ2n) is 5.13. The number of rotatable bonds is 3. The summed E-state index contributed by atoms with van der Waals surface area (Å²) in [4.78, 5) is 18.2. The van der Waals surface area contributed by atoms with Crippen molar-refractivity contribution < 1.29 is 18.3 Å². The van der Waals surface area contributed by atoms with Crippen LogP contribution in [0.1, 0.15) is 51.6 Å². The molecule has 1 aromatic rings. The van der Waals surface area contributed by atoms with Crippen LogP contribution in [0.15, 0.2) is 6.20 Å². The lowest BCUT2D eigenvalue weighted by atomic mass is 9.85. The first-order valence-corrected chi connectivity index (χ1v) is 5.98. The molecule has 0 aliphatic heterocycles. The van der Waals surface area contributed by atoms with Gasteiger partial charge in [-0.3, -0.25) is 4.79 Å². The van der Waals surface area contributed by atoms with Gasteiger partial charge in [0.2, 0.25) is 0 Å². The van der Waals surface area contributed by atoms with Crippen molar-refractivity contribution in [1.29, 1.82) is 0 Å². The SMILES string of the molecule is CC(=O)OC(c1cnc(C(F)F)nc1Cl)C(C)(C)C. The van der Waals surface area contributed by atoms with Gasteiger partial charge in [-0.15, -0.1) is 0 Å². The number of aromatic nitrogens is 2. The Kier molecular flexibility index (Phi) is 4.79. The fraction of sp³-hybridized carbons (Fsp3) is 0.583. The molecule has 0 fully saturated rings. The number of carbonyl (C=O) groups is 1. The quantitative estimate of drug-likeness (QED) is 0.629. The highest BCUT2D eigenvalue weighted by atomic mass is 35.5. The molecular weight excluding hydrogens is 278 g/mol. The highest BCUT2D eigenvalue weighted by molar-refractivity contribution is 6.30. The minimum absolute atomic E-state index is 0.133. The van der Waals surface area contributed by atoms with Gasteiger partial charge in [-0.25, -0.2) is 18.7 Å². The number of hydrogen-bond donors (Lipinski definition) is 0. The fourth-order valence-electron chi connectivity index (χ4n) is 1.54. The molecule has 1 heterocycles. The van der Waals surface area contributed by atoms with Crippen molar-refractivity contribution in [3.63, 3.8) is 0 Å². The summed E-state index contributed by atoms with van der Waals surface area (Å²) in [6.45, 7) is 6.76. The number of carbonyl (C=O) groups excluding carboxylic acids is 1. The van der Waals surface area contributed by atoms with E-state index in [1.807, 2.05) is 20.8 Å². The number of esters is 1. The van der Waals surface area contributed by atoms with Crippen LogP contribution in [-0.2, 0) is 9.53 Å². The molecule has 19 heavy (non-hydrogen) atoms. The Hall–Kier alpha value is -1.30. The Labute approximate surface area is 115 Å². The summed E-state index contributed by atoms with van der Waals surface area (Å²) < 4.78 is 30.1.